The number of aromatic nitrogens is 5. The Morgan fingerprint density at radius 2 is 1.57 bits per heavy atom. The van der Waals surface area contributed by atoms with Crippen molar-refractivity contribution in [1.29, 1.82) is 0 Å². The molecule has 30 heavy (non-hydrogen) atoms. The van der Waals surface area contributed by atoms with Gasteiger partial charge in [0.15, 0.2) is 5.82 Å². The van der Waals surface area contributed by atoms with Crippen molar-refractivity contribution in [1.82, 2.24) is 24.7 Å². The highest BCUT2D eigenvalue weighted by atomic mass is 19.1. The van der Waals surface area contributed by atoms with Gasteiger partial charge in [0.25, 0.3) is 0 Å². The Hall–Kier alpha value is -4.00. The maximum absolute atomic E-state index is 14.6. The van der Waals surface area contributed by atoms with E-state index in [1.807, 2.05) is 60.1 Å². The first-order chi connectivity index (χ1) is 14.6. The summed E-state index contributed by atoms with van der Waals surface area (Å²) in [7, 11) is 1.86. The molecule has 0 fully saturated rings. The summed E-state index contributed by atoms with van der Waals surface area (Å²) in [6, 6.07) is 18.4. The second-order valence-electron chi connectivity index (χ2n) is 6.88. The third-order valence-electron chi connectivity index (χ3n) is 4.87. The van der Waals surface area contributed by atoms with Gasteiger partial charge in [-0.25, -0.2) is 18.7 Å². The summed E-state index contributed by atoms with van der Waals surface area (Å²) in [5, 5.41) is 8.06. The Balaban J connectivity index is 1.77. The molecule has 2 aromatic heterocycles. The van der Waals surface area contributed by atoms with E-state index >= 15 is 0 Å². The maximum atomic E-state index is 14.6. The van der Waals surface area contributed by atoms with Crippen LogP contribution in [-0.4, -0.2) is 24.7 Å². The highest BCUT2D eigenvalue weighted by molar-refractivity contribution is 5.88. The zero-order valence-electron chi connectivity index (χ0n) is 15.9. The van der Waals surface area contributed by atoms with E-state index in [2.05, 4.69) is 15.2 Å². The molecule has 0 bridgehead atoms. The Morgan fingerprint density at radius 1 is 0.767 bits per heavy atom. The lowest BCUT2D eigenvalue weighted by molar-refractivity contribution is 0.585. The third-order valence-corrected chi connectivity index (χ3v) is 4.87. The van der Waals surface area contributed by atoms with Crippen LogP contribution in [0.1, 0.15) is 0 Å². The van der Waals surface area contributed by atoms with Crippen molar-refractivity contribution < 1.29 is 8.78 Å². The van der Waals surface area contributed by atoms with Crippen LogP contribution < -0.4 is 0 Å². The minimum Gasteiger partial charge on any atom is -0.317 e. The molecule has 146 valence electrons. The molecule has 0 aliphatic rings. The first kappa shape index (κ1) is 18.1. The van der Waals surface area contributed by atoms with E-state index in [1.54, 1.807) is 6.33 Å². The molecular weight excluding hydrogens is 384 g/mol. The van der Waals surface area contributed by atoms with Gasteiger partial charge >= 0.3 is 0 Å². The minimum atomic E-state index is -0.684. The fourth-order valence-electron chi connectivity index (χ4n) is 3.40. The smallest absolute Gasteiger partial charge is 0.163 e. The van der Waals surface area contributed by atoms with Crippen molar-refractivity contribution in [3.05, 3.63) is 84.7 Å². The van der Waals surface area contributed by atoms with Crippen molar-refractivity contribution in [2.45, 2.75) is 0 Å². The molecule has 2 heterocycles. The van der Waals surface area contributed by atoms with E-state index in [4.69, 9.17) is 4.98 Å². The van der Waals surface area contributed by atoms with Gasteiger partial charge in [0.2, 0.25) is 0 Å². The molecular formula is C23H15F2N5. The zero-order valence-corrected chi connectivity index (χ0v) is 15.9. The molecule has 0 saturated heterocycles. The van der Waals surface area contributed by atoms with E-state index < -0.39 is 11.6 Å². The highest BCUT2D eigenvalue weighted by Crippen LogP contribution is 2.33. The van der Waals surface area contributed by atoms with Crippen LogP contribution in [0.3, 0.4) is 0 Å². The van der Waals surface area contributed by atoms with Crippen molar-refractivity contribution in [2.75, 3.05) is 0 Å². The molecule has 5 nitrogen and oxygen atoms in total. The fourth-order valence-corrected chi connectivity index (χ4v) is 3.40. The molecule has 0 radical (unpaired) electrons. The number of halogens is 2. The van der Waals surface area contributed by atoms with Gasteiger partial charge in [0.05, 0.1) is 16.7 Å². The van der Waals surface area contributed by atoms with Gasteiger partial charge < -0.3 is 4.57 Å². The van der Waals surface area contributed by atoms with Gasteiger partial charge in [0.1, 0.15) is 23.7 Å². The van der Waals surface area contributed by atoms with Gasteiger partial charge in [0, 0.05) is 29.8 Å². The quantitative estimate of drug-likeness (QED) is 0.427. The van der Waals surface area contributed by atoms with Crippen molar-refractivity contribution in [3.8, 4) is 33.9 Å². The molecule has 0 aliphatic carbocycles. The van der Waals surface area contributed by atoms with E-state index in [1.165, 1.54) is 12.1 Å². The summed E-state index contributed by atoms with van der Waals surface area (Å²) < 4.78 is 29.9. The summed E-state index contributed by atoms with van der Waals surface area (Å²) >= 11 is 0. The van der Waals surface area contributed by atoms with Crippen molar-refractivity contribution >= 4 is 11.0 Å². The number of hydrogen-bond donors (Lipinski definition) is 0. The molecule has 3 aromatic carbocycles. The number of benzene rings is 3. The lowest BCUT2D eigenvalue weighted by atomic mass is 10.0. The Morgan fingerprint density at radius 3 is 2.30 bits per heavy atom. The normalized spacial score (nSPS) is 11.2. The zero-order chi connectivity index (χ0) is 20.7. The molecule has 0 saturated carbocycles. The van der Waals surface area contributed by atoms with Gasteiger partial charge in [-0.3, -0.25) is 0 Å². The number of rotatable bonds is 3. The fraction of sp³-hybridized carbons (Fsp3) is 0.0435. The lowest BCUT2D eigenvalue weighted by Crippen LogP contribution is -1.98. The van der Waals surface area contributed by atoms with Gasteiger partial charge in [-0.1, -0.05) is 30.3 Å². The summed E-state index contributed by atoms with van der Waals surface area (Å²) in [6.07, 6.45) is 1.63. The highest BCUT2D eigenvalue weighted by Gasteiger charge is 2.17. The largest absolute Gasteiger partial charge is 0.317 e. The Bertz CT molecular complexity index is 1380. The van der Waals surface area contributed by atoms with Crippen molar-refractivity contribution in [3.63, 3.8) is 0 Å². The van der Waals surface area contributed by atoms with Crippen LogP contribution in [0.15, 0.2) is 73.1 Å². The molecule has 5 rings (SSSR count). The van der Waals surface area contributed by atoms with Crippen LogP contribution in [0.25, 0.3) is 44.9 Å². The first-order valence-corrected chi connectivity index (χ1v) is 9.27. The molecule has 0 spiro atoms. The minimum absolute atomic E-state index is 0.196. The monoisotopic (exact) mass is 399 g/mol. The molecule has 0 unspecified atom stereocenters. The molecule has 0 N–H and O–H groups in total. The average Bonchev–Trinajstić information content (AvgIpc) is 3.19. The van der Waals surface area contributed by atoms with Crippen LogP contribution in [-0.2, 0) is 7.05 Å². The predicted octanol–water partition coefficient (Wildman–Crippen LogP) is 5.04. The average molecular weight is 399 g/mol. The predicted molar refractivity (Wildman–Crippen MR) is 110 cm³/mol. The van der Waals surface area contributed by atoms with E-state index in [9.17, 15) is 8.78 Å². The topological polar surface area (TPSA) is 56.5 Å². The van der Waals surface area contributed by atoms with Crippen LogP contribution in [0.4, 0.5) is 8.78 Å². The molecule has 5 aromatic rings. The Kier molecular flexibility index (Phi) is 4.28. The Labute approximate surface area is 170 Å². The molecule has 0 aliphatic heterocycles. The number of hydrogen-bond acceptors (Lipinski definition) is 4. The third kappa shape index (κ3) is 3.10. The van der Waals surface area contributed by atoms with Crippen molar-refractivity contribution in [2.24, 2.45) is 7.05 Å². The molecule has 0 atom stereocenters. The lowest BCUT2D eigenvalue weighted by Gasteiger charge is -2.12. The molecule has 0 amide bonds. The van der Waals surface area contributed by atoms with E-state index in [0.717, 1.165) is 17.2 Å². The van der Waals surface area contributed by atoms with Gasteiger partial charge in [-0.2, -0.15) is 0 Å². The maximum Gasteiger partial charge on any atom is 0.163 e. The summed E-state index contributed by atoms with van der Waals surface area (Å²) in [6.45, 7) is 0. The van der Waals surface area contributed by atoms with Gasteiger partial charge in [-0.05, 0) is 30.3 Å². The van der Waals surface area contributed by atoms with Crippen LogP contribution in [0.2, 0.25) is 0 Å². The summed E-state index contributed by atoms with van der Waals surface area (Å²) in [5.74, 6) is -0.621. The first-order valence-electron chi connectivity index (χ1n) is 9.27. The van der Waals surface area contributed by atoms with E-state index in [0.29, 0.717) is 28.2 Å². The number of fused-ring (bicyclic) bond motifs is 1. The van der Waals surface area contributed by atoms with Crippen LogP contribution in [0.5, 0.6) is 0 Å². The second kappa shape index (κ2) is 7.11. The number of aryl methyl sites for hydroxylation is 1. The summed E-state index contributed by atoms with van der Waals surface area (Å²) in [5.41, 5.74) is 3.94. The second-order valence-corrected chi connectivity index (χ2v) is 6.88. The summed E-state index contributed by atoms with van der Waals surface area (Å²) in [4.78, 5) is 9.49. The van der Waals surface area contributed by atoms with E-state index in [-0.39, 0.29) is 5.56 Å². The standard InChI is InChI=1S/C23H15F2N5/c1-30-13-26-29-23(30)15-7-10-19-20(11-15)28-21(14-5-3-2-4-6-14)22(27-19)17-9-8-16(24)12-18(17)25/h2-13H,1H3. The van der Waals surface area contributed by atoms with Crippen LogP contribution >= 0.6 is 0 Å². The van der Waals surface area contributed by atoms with Crippen LogP contribution in [0, 0.1) is 11.6 Å². The van der Waals surface area contributed by atoms with Gasteiger partial charge in [-0.15, -0.1) is 10.2 Å². The SMILES string of the molecule is Cn1cnnc1-c1ccc2nc(-c3ccc(F)cc3F)c(-c3ccccc3)nc2c1. The number of nitrogens with zero attached hydrogens (tertiary/aromatic N) is 5. The molecule has 7 heteroatoms.